The Morgan fingerprint density at radius 3 is 1.12 bits per heavy atom. The first-order chi connectivity index (χ1) is 27.3. The zero-order chi connectivity index (χ0) is 42.3. The fourth-order valence-electron chi connectivity index (χ4n) is 6.28. The summed E-state index contributed by atoms with van der Waals surface area (Å²) in [5, 5.41) is -4.95. The van der Waals surface area contributed by atoms with Gasteiger partial charge in [-0.05, 0) is 0 Å². The second-order valence-electron chi connectivity index (χ2n) is 11.6. The number of hydrogen-bond donors (Lipinski definition) is 0. The Hall–Kier alpha value is -6.89. The average Bonchev–Trinajstić information content (AvgIpc) is 3.84. The van der Waals surface area contributed by atoms with Crippen molar-refractivity contribution in [2.75, 3.05) is 0 Å². The van der Waals surface area contributed by atoms with E-state index < -0.39 is 178 Å². The summed E-state index contributed by atoms with van der Waals surface area (Å²) in [6.07, 6.45) is -2.10. The largest absolute Gasteiger partial charge is 0.499 e. The third kappa shape index (κ3) is 4.61. The number of halogens is 17. The van der Waals surface area contributed by atoms with E-state index in [1.165, 1.54) is 0 Å². The summed E-state index contributed by atoms with van der Waals surface area (Å²) in [5.41, 5.74) is -6.87. The van der Waals surface area contributed by atoms with E-state index in [1.807, 2.05) is 0 Å². The number of fused-ring (bicyclic) bond motifs is 10. The van der Waals surface area contributed by atoms with Crippen LogP contribution in [0.15, 0.2) is 20.0 Å². The Labute approximate surface area is 311 Å². The molecule has 4 bridgehead atoms. The summed E-state index contributed by atoms with van der Waals surface area (Å²) in [6.45, 7) is 12.8. The van der Waals surface area contributed by atoms with Crippen LogP contribution in [-0.4, -0.2) is 27.0 Å². The summed E-state index contributed by atoms with van der Waals surface area (Å²) in [6, 6.07) is 0. The highest BCUT2D eigenvalue weighted by Gasteiger charge is 2.42. The third-order valence-electron chi connectivity index (χ3n) is 8.77. The van der Waals surface area contributed by atoms with Gasteiger partial charge in [0.2, 0.25) is 11.4 Å². The Kier molecular flexibility index (Phi) is 8.23. The average molecular weight is 847 g/mol. The van der Waals surface area contributed by atoms with Crippen LogP contribution in [0.1, 0.15) is 11.1 Å². The maximum Gasteiger partial charge on any atom is 0.499 e. The molecule has 9 rings (SSSR count). The van der Waals surface area contributed by atoms with Crippen LogP contribution in [0.25, 0.3) is 31.2 Å². The van der Waals surface area contributed by atoms with Crippen molar-refractivity contribution in [2.24, 2.45) is 20.0 Å². The second kappa shape index (κ2) is 12.6. The van der Waals surface area contributed by atoms with Gasteiger partial charge in [0.15, 0.2) is 105 Å². The molecule has 58 heavy (non-hydrogen) atoms. The normalized spacial score (nSPS) is 13.3. The molecule has 5 heterocycles. The lowest BCUT2D eigenvalue weighted by Gasteiger charge is -2.18. The van der Waals surface area contributed by atoms with E-state index in [0.717, 1.165) is 0 Å². The van der Waals surface area contributed by atoms with Crippen molar-refractivity contribution in [2.45, 2.75) is 0 Å². The van der Waals surface area contributed by atoms with Gasteiger partial charge in [0.1, 0.15) is 22.6 Å². The molecule has 290 valence electrons. The van der Waals surface area contributed by atoms with Crippen molar-refractivity contribution >= 4 is 74.1 Å². The number of benzene rings is 4. The van der Waals surface area contributed by atoms with Gasteiger partial charge < -0.3 is 8.96 Å². The first kappa shape index (κ1) is 38.0. The number of hydrogen-bond acceptors (Lipinski definition) is 4. The van der Waals surface area contributed by atoms with Crippen LogP contribution in [0.5, 0.6) is 0 Å². The van der Waals surface area contributed by atoms with Crippen LogP contribution < -0.4 is 11.0 Å². The second-order valence-corrected chi connectivity index (χ2v) is 12.0. The Bertz CT molecular complexity index is 3260. The molecule has 0 aliphatic carbocycles. The van der Waals surface area contributed by atoms with Gasteiger partial charge in [-0.3, -0.25) is 0 Å². The van der Waals surface area contributed by atoms with E-state index in [1.54, 1.807) is 0 Å². The van der Waals surface area contributed by atoms with Crippen molar-refractivity contribution < 1.29 is 70.2 Å². The minimum atomic E-state index is -2.39. The van der Waals surface area contributed by atoms with Crippen LogP contribution in [0.2, 0.25) is 0 Å². The first-order valence-electron chi connectivity index (χ1n) is 14.8. The molecule has 0 atom stereocenters. The van der Waals surface area contributed by atoms with Crippen molar-refractivity contribution in [3.05, 3.63) is 138 Å². The van der Waals surface area contributed by atoms with Crippen LogP contribution >= 0.6 is 11.5 Å². The molecule has 26 heteroatoms. The maximum absolute atomic E-state index is 15.3. The van der Waals surface area contributed by atoms with Crippen molar-refractivity contribution in [3.8, 4) is 0 Å². The quantitative estimate of drug-likeness (QED) is 0.0482. The van der Waals surface area contributed by atoms with E-state index in [2.05, 4.69) is 29.7 Å². The van der Waals surface area contributed by atoms with Crippen molar-refractivity contribution in [1.82, 2.24) is 8.96 Å². The molecule has 0 unspecified atom stereocenters. The topological polar surface area (TPSA) is 68.0 Å². The van der Waals surface area contributed by atoms with Crippen LogP contribution in [-0.2, 0) is 0 Å². The van der Waals surface area contributed by atoms with Crippen LogP contribution in [0.4, 0.5) is 93.3 Å². The number of amidine groups is 2. The molecule has 0 amide bonds. The summed E-state index contributed by atoms with van der Waals surface area (Å²) in [5.74, 6) is -39.2. The smallest absolute Gasteiger partial charge is 0.319 e. The third-order valence-corrected chi connectivity index (χ3v) is 9.16. The molecule has 0 radical (unpaired) electrons. The first-order valence-corrected chi connectivity index (χ1v) is 15.3. The van der Waals surface area contributed by atoms with Gasteiger partial charge >= 0.3 is 6.40 Å². The molecule has 2 aromatic heterocycles. The fraction of sp³-hybridized carbons (Fsp3) is 0. The summed E-state index contributed by atoms with van der Waals surface area (Å²) in [4.78, 5) is 19.9. The van der Waals surface area contributed by atoms with Gasteiger partial charge in [-0.1, -0.05) is 0 Å². The van der Waals surface area contributed by atoms with Gasteiger partial charge in [0.25, 0.3) is 0 Å². The van der Waals surface area contributed by atoms with E-state index in [-0.39, 0.29) is 0 Å². The molecule has 0 saturated carbocycles. The highest BCUT2D eigenvalue weighted by Crippen LogP contribution is 2.46. The Balaban J connectivity index is 0.000000286. The SMILES string of the molecule is Fc1c(F)c(F)c2c(c1F)C1=NC2=Nc2c3c(F)c(F)c(F)c(F)c3c3n2B(Cl)n2c(c4c(F)c(F)c(F)c(F)c4c2=N3)=N1.[C-]#[N+]c1c(F)c(F)c(F)c(F)c1[N+]#[C-]. The molecule has 0 saturated heterocycles. The van der Waals surface area contributed by atoms with Gasteiger partial charge in [-0.15, -0.1) is 11.5 Å². The van der Waals surface area contributed by atoms with E-state index in [4.69, 9.17) is 24.6 Å². The zero-order valence-corrected chi connectivity index (χ0v) is 27.3. The van der Waals surface area contributed by atoms with Gasteiger partial charge in [0, 0.05) is 0 Å². The molecule has 4 aromatic carbocycles. The highest BCUT2D eigenvalue weighted by atomic mass is 35.5. The molecular formula is C32BClF16N8. The van der Waals surface area contributed by atoms with Gasteiger partial charge in [-0.2, -0.15) is 0 Å². The lowest BCUT2D eigenvalue weighted by atomic mass is 10.1. The predicted molar refractivity (Wildman–Crippen MR) is 166 cm³/mol. The van der Waals surface area contributed by atoms with Gasteiger partial charge in [-0.25, -0.2) is 99.9 Å². The maximum atomic E-state index is 15.3. The highest BCUT2D eigenvalue weighted by molar-refractivity contribution is 7.05. The molecule has 0 spiro atoms. The zero-order valence-electron chi connectivity index (χ0n) is 26.6. The molecular weight excluding hydrogens is 847 g/mol. The van der Waals surface area contributed by atoms with Crippen LogP contribution in [0, 0.1) is 106 Å². The molecule has 3 aliphatic rings. The number of rotatable bonds is 0. The minimum Gasteiger partial charge on any atom is -0.319 e. The molecule has 6 aromatic rings. The molecule has 0 fully saturated rings. The lowest BCUT2D eigenvalue weighted by Crippen LogP contribution is -2.45. The predicted octanol–water partition coefficient (Wildman–Crippen LogP) is 8.97. The molecule has 0 N–H and O–H groups in total. The standard InChI is InChI=1S/C24BClF12N6.C8F4N2/c26-25-43-21-3-5(11(31)17(37)15(35)9(3)29)23(43)42-24-6-4(10(30)16(36)18(38)12(6)32)22(44(24)25)41-20-2-1(19(39-20)40-21)7(27)13(33)14(34)8(2)28;1-13-7-5(11)3(9)4(10)6(12)8(7)14-2. The van der Waals surface area contributed by atoms with E-state index in [9.17, 15) is 43.9 Å². The lowest BCUT2D eigenvalue weighted by molar-refractivity contribution is 0.407. The monoisotopic (exact) mass is 846 g/mol. The summed E-state index contributed by atoms with van der Waals surface area (Å²) in [7, 11) is 0. The number of aromatic nitrogens is 2. The summed E-state index contributed by atoms with van der Waals surface area (Å²) >= 11 is 6.54. The van der Waals surface area contributed by atoms with Crippen LogP contribution in [0.3, 0.4) is 0 Å². The summed E-state index contributed by atoms with van der Waals surface area (Å²) < 4.78 is 229. The fourth-order valence-corrected chi connectivity index (χ4v) is 6.65. The van der Waals surface area contributed by atoms with E-state index in [0.29, 0.717) is 8.96 Å². The van der Waals surface area contributed by atoms with E-state index >= 15 is 26.3 Å². The van der Waals surface area contributed by atoms with Crippen molar-refractivity contribution in [3.63, 3.8) is 0 Å². The molecule has 3 aliphatic heterocycles. The minimum absolute atomic E-state index is 0.490. The molecule has 8 nitrogen and oxygen atoms in total. The number of aliphatic imine (C=N–C) groups is 2. The number of nitrogens with zero attached hydrogens (tertiary/aromatic N) is 8. The Morgan fingerprint density at radius 1 is 0.379 bits per heavy atom. The van der Waals surface area contributed by atoms with Gasteiger partial charge in [0.05, 0.1) is 45.8 Å². The van der Waals surface area contributed by atoms with Crippen molar-refractivity contribution in [1.29, 1.82) is 0 Å². The Morgan fingerprint density at radius 2 is 0.707 bits per heavy atom.